The van der Waals surface area contributed by atoms with E-state index in [4.69, 9.17) is 10.5 Å². The number of nitrogens with two attached hydrogens (primary N) is 1. The minimum Gasteiger partial charge on any atom is -0.491 e. The van der Waals surface area contributed by atoms with Crippen LogP contribution in [0.15, 0.2) is 41.7 Å². The van der Waals surface area contributed by atoms with Crippen LogP contribution in [0, 0.1) is 0 Å². The minimum absolute atomic E-state index is 0.165. The number of aliphatic imine (C=N–C) groups is 1. The van der Waals surface area contributed by atoms with E-state index >= 15 is 0 Å². The molecule has 0 spiro atoms. The highest BCUT2D eigenvalue weighted by molar-refractivity contribution is 5.92. The molecule has 118 valence electrons. The summed E-state index contributed by atoms with van der Waals surface area (Å²) in [6.45, 7) is 4.62. The average molecular weight is 301 g/mol. The maximum absolute atomic E-state index is 5.88. The van der Waals surface area contributed by atoms with Gasteiger partial charge in [-0.05, 0) is 50.1 Å². The lowest BCUT2D eigenvalue weighted by Gasteiger charge is -2.10. The maximum atomic E-state index is 5.88. The molecule has 0 saturated carbocycles. The molecule has 0 bridgehead atoms. The quantitative estimate of drug-likeness (QED) is 0.633. The van der Waals surface area contributed by atoms with E-state index < -0.39 is 0 Å². The van der Waals surface area contributed by atoms with Gasteiger partial charge in [0.05, 0.1) is 12.3 Å². The fraction of sp³-hybridized carbons (Fsp3) is 0.375. The Labute approximate surface area is 131 Å². The monoisotopic (exact) mass is 301 g/mol. The summed E-state index contributed by atoms with van der Waals surface area (Å²) in [4.78, 5) is 4.31. The Morgan fingerprint density at radius 3 is 2.68 bits per heavy atom. The van der Waals surface area contributed by atoms with Gasteiger partial charge < -0.3 is 15.8 Å². The van der Waals surface area contributed by atoms with Gasteiger partial charge in [-0.15, -0.1) is 0 Å². The van der Waals surface area contributed by atoms with Gasteiger partial charge >= 0.3 is 0 Å². The number of guanidine groups is 1. The largest absolute Gasteiger partial charge is 0.491 e. The first-order valence-electron chi connectivity index (χ1n) is 7.34. The van der Waals surface area contributed by atoms with E-state index in [0.29, 0.717) is 12.5 Å². The molecule has 1 aromatic heterocycles. The number of ether oxygens (including phenoxy) is 1. The van der Waals surface area contributed by atoms with Crippen molar-refractivity contribution in [2.45, 2.75) is 26.4 Å². The van der Waals surface area contributed by atoms with Gasteiger partial charge in [-0.1, -0.05) is 0 Å². The van der Waals surface area contributed by atoms with Crippen LogP contribution in [-0.2, 0) is 13.5 Å². The molecule has 0 aliphatic carbocycles. The molecule has 3 N–H and O–H groups in total. The molecule has 0 atom stereocenters. The normalized spacial score (nSPS) is 11.7. The van der Waals surface area contributed by atoms with Gasteiger partial charge in [0.1, 0.15) is 5.75 Å². The van der Waals surface area contributed by atoms with Crippen LogP contribution in [0.3, 0.4) is 0 Å². The molecular formula is C16H23N5O. The van der Waals surface area contributed by atoms with Gasteiger partial charge in [0.15, 0.2) is 5.96 Å². The molecule has 1 aromatic carbocycles. The van der Waals surface area contributed by atoms with Crippen LogP contribution in [0.25, 0.3) is 0 Å². The number of hydrogen-bond acceptors (Lipinski definition) is 3. The second kappa shape index (κ2) is 7.49. The summed E-state index contributed by atoms with van der Waals surface area (Å²) in [5, 5.41) is 7.19. The second-order valence-corrected chi connectivity index (χ2v) is 5.36. The van der Waals surface area contributed by atoms with Crippen LogP contribution in [-0.4, -0.2) is 28.4 Å². The highest BCUT2D eigenvalue weighted by Gasteiger charge is 2.00. The Kier molecular flexibility index (Phi) is 5.41. The summed E-state index contributed by atoms with van der Waals surface area (Å²) < 4.78 is 7.37. The molecule has 2 rings (SSSR count). The predicted octanol–water partition coefficient (Wildman–Crippen LogP) is 2.18. The number of rotatable bonds is 6. The summed E-state index contributed by atoms with van der Waals surface area (Å²) >= 11 is 0. The fourth-order valence-corrected chi connectivity index (χ4v) is 1.98. The van der Waals surface area contributed by atoms with Crippen LogP contribution in [0.1, 0.15) is 19.4 Å². The first-order chi connectivity index (χ1) is 10.5. The molecule has 22 heavy (non-hydrogen) atoms. The molecule has 6 heteroatoms. The van der Waals surface area contributed by atoms with Crippen molar-refractivity contribution >= 4 is 11.6 Å². The zero-order chi connectivity index (χ0) is 15.9. The number of nitrogens with zero attached hydrogens (tertiary/aromatic N) is 3. The average Bonchev–Trinajstić information content (AvgIpc) is 2.86. The Hall–Kier alpha value is -2.50. The van der Waals surface area contributed by atoms with E-state index in [-0.39, 0.29) is 6.10 Å². The lowest BCUT2D eigenvalue weighted by atomic mass is 10.2. The topological polar surface area (TPSA) is 77.5 Å². The van der Waals surface area contributed by atoms with Crippen molar-refractivity contribution in [2.24, 2.45) is 17.8 Å². The standard InChI is InChI=1S/C16H23N5O/c1-12(2)22-15-6-4-14(5-7-15)20-16(17)18-9-8-13-10-19-21(3)11-13/h4-7,10-12H,8-9H2,1-3H3,(H3,17,18,20). The van der Waals surface area contributed by atoms with Gasteiger partial charge in [-0.2, -0.15) is 5.10 Å². The van der Waals surface area contributed by atoms with Crippen molar-refractivity contribution in [1.29, 1.82) is 0 Å². The summed E-state index contributed by atoms with van der Waals surface area (Å²) in [6.07, 6.45) is 4.80. The molecule has 0 amide bonds. The number of benzene rings is 1. The van der Waals surface area contributed by atoms with Crippen LogP contribution < -0.4 is 15.8 Å². The Balaban J connectivity index is 1.82. The molecule has 0 saturated heterocycles. The van der Waals surface area contributed by atoms with Gasteiger partial charge in [0.25, 0.3) is 0 Å². The SMILES string of the molecule is CC(C)Oc1ccc(NC(N)=NCCc2cnn(C)c2)cc1. The Bertz CT molecular complexity index is 616. The van der Waals surface area contributed by atoms with Crippen molar-refractivity contribution < 1.29 is 4.74 Å². The zero-order valence-corrected chi connectivity index (χ0v) is 13.3. The summed E-state index contributed by atoms with van der Waals surface area (Å²) in [6, 6.07) is 7.65. The highest BCUT2D eigenvalue weighted by Crippen LogP contribution is 2.16. The number of aromatic nitrogens is 2. The first kappa shape index (κ1) is 15.9. The lowest BCUT2D eigenvalue weighted by molar-refractivity contribution is 0.242. The van der Waals surface area contributed by atoms with Crippen molar-refractivity contribution in [3.8, 4) is 5.75 Å². The smallest absolute Gasteiger partial charge is 0.193 e. The van der Waals surface area contributed by atoms with Crippen LogP contribution in [0.5, 0.6) is 5.75 Å². The molecule has 0 unspecified atom stereocenters. The first-order valence-corrected chi connectivity index (χ1v) is 7.34. The molecule has 1 heterocycles. The van der Waals surface area contributed by atoms with Crippen LogP contribution >= 0.6 is 0 Å². The summed E-state index contributed by atoms with van der Waals surface area (Å²) in [5.74, 6) is 1.24. The third kappa shape index (κ3) is 5.12. The van der Waals surface area contributed by atoms with Crippen molar-refractivity contribution in [3.63, 3.8) is 0 Å². The molecule has 0 aliphatic rings. The van der Waals surface area contributed by atoms with E-state index in [1.807, 2.05) is 57.6 Å². The number of anilines is 1. The third-order valence-corrected chi connectivity index (χ3v) is 2.94. The summed E-state index contributed by atoms with van der Waals surface area (Å²) in [7, 11) is 1.90. The fourth-order valence-electron chi connectivity index (χ4n) is 1.98. The second-order valence-electron chi connectivity index (χ2n) is 5.36. The predicted molar refractivity (Wildman–Crippen MR) is 89.2 cm³/mol. The van der Waals surface area contributed by atoms with E-state index in [2.05, 4.69) is 15.4 Å². The molecule has 0 radical (unpaired) electrons. The molecule has 6 nitrogen and oxygen atoms in total. The maximum Gasteiger partial charge on any atom is 0.193 e. The van der Waals surface area contributed by atoms with E-state index in [0.717, 1.165) is 23.4 Å². The van der Waals surface area contributed by atoms with Crippen molar-refractivity contribution in [3.05, 3.63) is 42.2 Å². The van der Waals surface area contributed by atoms with E-state index in [1.54, 1.807) is 4.68 Å². The number of aryl methyl sites for hydroxylation is 1. The number of hydrogen-bond donors (Lipinski definition) is 2. The molecule has 2 aromatic rings. The zero-order valence-electron chi connectivity index (χ0n) is 13.3. The molecule has 0 aliphatic heterocycles. The van der Waals surface area contributed by atoms with Crippen LogP contribution in [0.2, 0.25) is 0 Å². The molecule has 0 fully saturated rings. The van der Waals surface area contributed by atoms with Gasteiger partial charge in [-0.25, -0.2) is 0 Å². The van der Waals surface area contributed by atoms with Crippen molar-refractivity contribution in [2.75, 3.05) is 11.9 Å². The van der Waals surface area contributed by atoms with Gasteiger partial charge in [-0.3, -0.25) is 9.67 Å². The van der Waals surface area contributed by atoms with E-state index in [1.165, 1.54) is 0 Å². The van der Waals surface area contributed by atoms with Crippen LogP contribution in [0.4, 0.5) is 5.69 Å². The Morgan fingerprint density at radius 1 is 1.36 bits per heavy atom. The molecular weight excluding hydrogens is 278 g/mol. The summed E-state index contributed by atoms with van der Waals surface area (Å²) in [5.41, 5.74) is 7.92. The minimum atomic E-state index is 0.165. The van der Waals surface area contributed by atoms with Gasteiger partial charge in [0, 0.05) is 25.5 Å². The van der Waals surface area contributed by atoms with E-state index in [9.17, 15) is 0 Å². The van der Waals surface area contributed by atoms with Gasteiger partial charge in [0.2, 0.25) is 0 Å². The number of nitrogens with one attached hydrogen (secondary N) is 1. The highest BCUT2D eigenvalue weighted by atomic mass is 16.5. The lowest BCUT2D eigenvalue weighted by Crippen LogP contribution is -2.23. The Morgan fingerprint density at radius 2 is 2.09 bits per heavy atom. The third-order valence-electron chi connectivity index (χ3n) is 2.94. The van der Waals surface area contributed by atoms with Crippen molar-refractivity contribution in [1.82, 2.24) is 9.78 Å².